The van der Waals surface area contributed by atoms with Crippen LogP contribution in [0.5, 0.6) is 0 Å². The van der Waals surface area contributed by atoms with Crippen LogP contribution in [0.1, 0.15) is 27.7 Å². The summed E-state index contributed by atoms with van der Waals surface area (Å²) in [4.78, 5) is 12.6. The fraction of sp³-hybridized carbons (Fsp3) is 0.400. The molecule has 0 radical (unpaired) electrons. The maximum atomic E-state index is 13.2. The van der Waals surface area contributed by atoms with Crippen molar-refractivity contribution in [1.82, 2.24) is 20.1 Å². The highest BCUT2D eigenvalue weighted by molar-refractivity contribution is 8.00. The number of nitrogens with zero attached hydrogens (tertiary/aromatic N) is 4. The van der Waals surface area contributed by atoms with Gasteiger partial charge in [-0.2, -0.15) is 5.26 Å². The van der Waals surface area contributed by atoms with Gasteiger partial charge in [0.05, 0.1) is 11.3 Å². The Balaban J connectivity index is 2.23. The summed E-state index contributed by atoms with van der Waals surface area (Å²) >= 11 is 1.25. The number of allylic oxidation sites excluding steroid dienone is 1. The van der Waals surface area contributed by atoms with Crippen LogP contribution in [0.15, 0.2) is 42.1 Å². The van der Waals surface area contributed by atoms with Crippen molar-refractivity contribution in [2.75, 3.05) is 0 Å². The molecule has 1 N–H and O–H groups in total. The van der Waals surface area contributed by atoms with Crippen molar-refractivity contribution in [2.45, 2.75) is 50.2 Å². The van der Waals surface area contributed by atoms with E-state index in [4.69, 9.17) is 0 Å². The van der Waals surface area contributed by atoms with Crippen LogP contribution in [0.2, 0.25) is 0 Å². The lowest BCUT2D eigenvalue weighted by molar-refractivity contribution is -0.121. The quantitative estimate of drug-likeness (QED) is 0.537. The Kier molecular flexibility index (Phi) is 6.97. The molecule has 1 heterocycles. The van der Waals surface area contributed by atoms with E-state index in [9.17, 15) is 14.4 Å². The maximum Gasteiger partial charge on any atom is 0.234 e. The molecule has 0 aliphatic heterocycles. The van der Waals surface area contributed by atoms with Crippen LogP contribution < -0.4 is 5.32 Å². The first-order valence-corrected chi connectivity index (χ1v) is 9.79. The van der Waals surface area contributed by atoms with Crippen molar-refractivity contribution in [3.8, 4) is 17.5 Å². The van der Waals surface area contributed by atoms with Crippen LogP contribution in [0.4, 0.5) is 4.39 Å². The van der Waals surface area contributed by atoms with Gasteiger partial charge in [0.1, 0.15) is 11.4 Å². The Labute approximate surface area is 168 Å². The second-order valence-electron chi connectivity index (χ2n) is 6.93. The van der Waals surface area contributed by atoms with Crippen LogP contribution in [-0.2, 0) is 11.3 Å². The van der Waals surface area contributed by atoms with Gasteiger partial charge in [0.25, 0.3) is 0 Å². The Bertz CT molecular complexity index is 887. The van der Waals surface area contributed by atoms with E-state index in [1.807, 2.05) is 18.4 Å². The summed E-state index contributed by atoms with van der Waals surface area (Å²) < 4.78 is 15.0. The molecule has 0 saturated carbocycles. The van der Waals surface area contributed by atoms with E-state index in [1.165, 1.54) is 23.9 Å². The molecule has 0 spiro atoms. The van der Waals surface area contributed by atoms with Crippen LogP contribution >= 0.6 is 11.8 Å². The molecule has 0 unspecified atom stereocenters. The minimum absolute atomic E-state index is 0.0341. The normalized spacial score (nSPS) is 14.2. The fourth-order valence-corrected chi connectivity index (χ4v) is 3.21. The number of aromatic nitrogens is 3. The lowest BCUT2D eigenvalue weighted by Gasteiger charge is -2.28. The number of nitriles is 1. The second kappa shape index (κ2) is 9.02. The van der Waals surface area contributed by atoms with Crippen LogP contribution in [0.3, 0.4) is 0 Å². The minimum Gasteiger partial charge on any atom is -0.337 e. The van der Waals surface area contributed by atoms with Crippen molar-refractivity contribution in [3.63, 3.8) is 0 Å². The summed E-state index contributed by atoms with van der Waals surface area (Å²) in [6.07, 6.45) is 1.71. The molecule has 6 nitrogen and oxygen atoms in total. The molecule has 1 amide bonds. The van der Waals surface area contributed by atoms with Gasteiger partial charge in [0, 0.05) is 12.1 Å². The number of hydrogen-bond donors (Lipinski definition) is 1. The number of carbonyl (C=O) groups is 1. The average Bonchev–Trinajstić information content (AvgIpc) is 3.04. The Morgan fingerprint density at radius 3 is 2.57 bits per heavy atom. The summed E-state index contributed by atoms with van der Waals surface area (Å²) in [5.74, 6) is -0.0458. The molecular formula is C20H24FN5OS. The van der Waals surface area contributed by atoms with Crippen molar-refractivity contribution in [2.24, 2.45) is 5.92 Å². The highest BCUT2D eigenvalue weighted by atomic mass is 32.2. The molecule has 0 fully saturated rings. The van der Waals surface area contributed by atoms with E-state index in [0.717, 1.165) is 5.56 Å². The van der Waals surface area contributed by atoms with Crippen LogP contribution in [0.25, 0.3) is 11.4 Å². The lowest BCUT2D eigenvalue weighted by atomic mass is 9.90. The molecule has 0 aliphatic rings. The van der Waals surface area contributed by atoms with Gasteiger partial charge in [0.15, 0.2) is 11.0 Å². The van der Waals surface area contributed by atoms with Gasteiger partial charge in [-0.15, -0.1) is 16.8 Å². The first-order valence-electron chi connectivity index (χ1n) is 8.91. The van der Waals surface area contributed by atoms with Gasteiger partial charge in [0.2, 0.25) is 5.91 Å². The number of carbonyl (C=O) groups excluding carboxylic acids is 1. The monoisotopic (exact) mass is 401 g/mol. The van der Waals surface area contributed by atoms with E-state index in [-0.39, 0.29) is 17.6 Å². The fourth-order valence-electron chi connectivity index (χ4n) is 2.35. The Morgan fingerprint density at radius 1 is 1.39 bits per heavy atom. The third kappa shape index (κ3) is 4.78. The molecule has 28 heavy (non-hydrogen) atoms. The minimum atomic E-state index is -0.944. The molecule has 148 valence electrons. The molecule has 2 rings (SSSR count). The molecule has 1 aromatic carbocycles. The summed E-state index contributed by atoms with van der Waals surface area (Å²) in [5, 5.41) is 20.7. The standard InChI is InChI=1S/C20H24FN5OS/c1-6-11-26-17(15-7-9-16(21)10-8-15)24-25-19(26)28-14(4)18(27)23-20(5,12-22)13(2)3/h6-10,13-14H,1,11H2,2-5H3,(H,23,27)/t14-,20-/m0/s1. The molecular weight excluding hydrogens is 377 g/mol. The predicted octanol–water partition coefficient (Wildman–Crippen LogP) is 3.81. The third-order valence-electron chi connectivity index (χ3n) is 4.55. The number of hydrogen-bond acceptors (Lipinski definition) is 5. The van der Waals surface area contributed by atoms with Crippen molar-refractivity contribution in [3.05, 3.63) is 42.7 Å². The molecule has 0 bridgehead atoms. The molecule has 8 heteroatoms. The van der Waals surface area contributed by atoms with Gasteiger partial charge in [-0.3, -0.25) is 9.36 Å². The highest BCUT2D eigenvalue weighted by Gasteiger charge is 2.32. The molecule has 2 atom stereocenters. The molecule has 1 aromatic heterocycles. The van der Waals surface area contributed by atoms with Gasteiger partial charge in [-0.1, -0.05) is 31.7 Å². The predicted molar refractivity (Wildman–Crippen MR) is 108 cm³/mol. The van der Waals surface area contributed by atoms with E-state index in [0.29, 0.717) is 17.5 Å². The maximum absolute atomic E-state index is 13.2. The highest BCUT2D eigenvalue weighted by Crippen LogP contribution is 2.28. The topological polar surface area (TPSA) is 83.6 Å². The largest absolute Gasteiger partial charge is 0.337 e. The third-order valence-corrected chi connectivity index (χ3v) is 5.63. The number of thioether (sulfide) groups is 1. The number of nitrogens with one attached hydrogen (secondary N) is 1. The molecule has 2 aromatic rings. The van der Waals surface area contributed by atoms with Crippen molar-refractivity contribution >= 4 is 17.7 Å². The first-order chi connectivity index (χ1) is 13.2. The second-order valence-corrected chi connectivity index (χ2v) is 8.24. The Morgan fingerprint density at radius 2 is 2.04 bits per heavy atom. The summed E-state index contributed by atoms with van der Waals surface area (Å²) in [5.41, 5.74) is -0.225. The summed E-state index contributed by atoms with van der Waals surface area (Å²) in [7, 11) is 0. The van der Waals surface area contributed by atoms with Gasteiger partial charge >= 0.3 is 0 Å². The Hall–Kier alpha value is -2.66. The average molecular weight is 402 g/mol. The number of halogens is 1. The molecule has 0 saturated heterocycles. The van der Waals surface area contributed by atoms with Gasteiger partial charge in [-0.25, -0.2) is 4.39 Å². The smallest absolute Gasteiger partial charge is 0.234 e. The van der Waals surface area contributed by atoms with E-state index in [1.54, 1.807) is 32.1 Å². The van der Waals surface area contributed by atoms with E-state index >= 15 is 0 Å². The summed E-state index contributed by atoms with van der Waals surface area (Å²) in [6, 6.07) is 8.15. The van der Waals surface area contributed by atoms with Crippen molar-refractivity contribution < 1.29 is 9.18 Å². The SMILES string of the molecule is C=CCn1c(S[C@@H](C)C(=O)N[C@@](C)(C#N)C(C)C)nnc1-c1ccc(F)cc1. The number of rotatable bonds is 8. The van der Waals surface area contributed by atoms with Crippen LogP contribution in [0, 0.1) is 23.1 Å². The van der Waals surface area contributed by atoms with Gasteiger partial charge in [-0.05, 0) is 44.0 Å². The first kappa shape index (κ1) is 21.6. The van der Waals surface area contributed by atoms with E-state index < -0.39 is 10.8 Å². The zero-order chi connectivity index (χ0) is 20.9. The summed E-state index contributed by atoms with van der Waals surface area (Å²) in [6.45, 7) is 11.4. The molecule has 0 aliphatic carbocycles. The zero-order valence-corrected chi connectivity index (χ0v) is 17.3. The number of amides is 1. The van der Waals surface area contributed by atoms with Crippen LogP contribution in [-0.4, -0.2) is 31.5 Å². The number of benzene rings is 1. The van der Waals surface area contributed by atoms with E-state index in [2.05, 4.69) is 28.2 Å². The lowest BCUT2D eigenvalue weighted by Crippen LogP contribution is -2.51. The van der Waals surface area contributed by atoms with Crippen molar-refractivity contribution in [1.29, 1.82) is 5.26 Å². The zero-order valence-electron chi connectivity index (χ0n) is 16.4. The van der Waals surface area contributed by atoms with Gasteiger partial charge < -0.3 is 5.32 Å².